The summed E-state index contributed by atoms with van der Waals surface area (Å²) in [6.07, 6.45) is 0. The first-order chi connectivity index (χ1) is 11.3. The number of hydrogen-bond donors (Lipinski definition) is 2. The Morgan fingerprint density at radius 3 is 2.62 bits per heavy atom. The second kappa shape index (κ2) is 9.82. The van der Waals surface area contributed by atoms with Crippen molar-refractivity contribution < 1.29 is 18.3 Å². The minimum Gasteiger partial charge on any atom is -0.383 e. The summed E-state index contributed by atoms with van der Waals surface area (Å²) >= 11 is 0. The molecule has 6 nitrogen and oxygen atoms in total. The Morgan fingerprint density at radius 1 is 1.33 bits per heavy atom. The fourth-order valence-electron chi connectivity index (χ4n) is 1.78. The summed E-state index contributed by atoms with van der Waals surface area (Å²) in [6, 6.07) is 3.37. The van der Waals surface area contributed by atoms with E-state index >= 15 is 0 Å². The number of nitrogens with zero attached hydrogens (tertiary/aromatic N) is 2. The minimum absolute atomic E-state index is 0.0280. The van der Waals surface area contributed by atoms with Crippen LogP contribution in [0.4, 0.5) is 8.78 Å². The molecule has 0 spiro atoms. The monoisotopic (exact) mass is 342 g/mol. The zero-order valence-electron chi connectivity index (χ0n) is 14.4. The fraction of sp³-hybridized carbons (Fsp3) is 0.500. The summed E-state index contributed by atoms with van der Waals surface area (Å²) in [7, 11) is 4.87. The number of aliphatic imine (C=N–C) groups is 1. The zero-order valence-corrected chi connectivity index (χ0v) is 14.4. The van der Waals surface area contributed by atoms with Crippen molar-refractivity contribution in [2.45, 2.75) is 13.0 Å². The number of guanidine groups is 1. The molecule has 0 aliphatic rings. The van der Waals surface area contributed by atoms with Gasteiger partial charge in [0.1, 0.15) is 6.54 Å². The van der Waals surface area contributed by atoms with Crippen LogP contribution in [-0.4, -0.2) is 57.7 Å². The molecule has 2 N–H and O–H groups in total. The van der Waals surface area contributed by atoms with Gasteiger partial charge in [0, 0.05) is 27.7 Å². The smallest absolute Gasteiger partial charge is 0.243 e. The van der Waals surface area contributed by atoms with E-state index in [1.165, 1.54) is 11.0 Å². The molecule has 0 aliphatic heterocycles. The van der Waals surface area contributed by atoms with Crippen LogP contribution < -0.4 is 10.6 Å². The first-order valence-corrected chi connectivity index (χ1v) is 7.54. The largest absolute Gasteiger partial charge is 0.383 e. The summed E-state index contributed by atoms with van der Waals surface area (Å²) in [5, 5.41) is 6.07. The molecule has 0 saturated carbocycles. The van der Waals surface area contributed by atoms with Crippen LogP contribution in [0.15, 0.2) is 23.2 Å². The number of methoxy groups -OCH3 is 1. The van der Waals surface area contributed by atoms with E-state index in [-0.39, 0.29) is 18.5 Å². The van der Waals surface area contributed by atoms with E-state index < -0.39 is 11.6 Å². The lowest BCUT2D eigenvalue weighted by molar-refractivity contribution is -0.127. The van der Waals surface area contributed by atoms with E-state index in [4.69, 9.17) is 4.74 Å². The highest BCUT2D eigenvalue weighted by molar-refractivity contribution is 5.85. The maximum atomic E-state index is 13.4. The molecule has 0 aromatic heterocycles. The minimum atomic E-state index is -0.908. The van der Waals surface area contributed by atoms with Crippen molar-refractivity contribution in [3.8, 4) is 0 Å². The lowest BCUT2D eigenvalue weighted by atomic mass is 10.1. The number of rotatable bonds is 7. The number of hydrogen-bond acceptors (Lipinski definition) is 3. The first kappa shape index (κ1) is 19.8. The summed E-state index contributed by atoms with van der Waals surface area (Å²) in [5.74, 6) is -1.56. The third-order valence-corrected chi connectivity index (χ3v) is 3.27. The maximum absolute atomic E-state index is 13.4. The molecule has 0 fully saturated rings. The average molecular weight is 342 g/mol. The average Bonchev–Trinajstić information content (AvgIpc) is 2.54. The quantitative estimate of drug-likeness (QED) is 0.445. The van der Waals surface area contributed by atoms with Gasteiger partial charge in [-0.25, -0.2) is 13.8 Å². The summed E-state index contributed by atoms with van der Waals surface area (Å²) in [4.78, 5) is 17.3. The summed E-state index contributed by atoms with van der Waals surface area (Å²) in [5.41, 5.74) is 0.564. The van der Waals surface area contributed by atoms with E-state index in [2.05, 4.69) is 15.6 Å². The Morgan fingerprint density at radius 2 is 2.04 bits per heavy atom. The Labute approximate surface area is 140 Å². The molecule has 0 bridgehead atoms. The SMILES string of the molecule is COCCNC(=NCC(=O)N(C)C)NC(C)c1ccc(F)c(F)c1. The van der Waals surface area contributed by atoms with Gasteiger partial charge in [-0.05, 0) is 24.6 Å². The van der Waals surface area contributed by atoms with E-state index in [0.717, 1.165) is 12.1 Å². The molecule has 1 aromatic carbocycles. The summed E-state index contributed by atoms with van der Waals surface area (Å²) in [6.45, 7) is 2.71. The van der Waals surface area contributed by atoms with Gasteiger partial charge in [0.25, 0.3) is 0 Å². The normalized spacial score (nSPS) is 12.7. The van der Waals surface area contributed by atoms with Gasteiger partial charge in [-0.1, -0.05) is 6.07 Å². The van der Waals surface area contributed by atoms with Gasteiger partial charge < -0.3 is 20.3 Å². The van der Waals surface area contributed by atoms with Crippen molar-refractivity contribution >= 4 is 11.9 Å². The van der Waals surface area contributed by atoms with Crippen LogP contribution in [0.2, 0.25) is 0 Å². The Bertz CT molecular complexity index is 579. The van der Waals surface area contributed by atoms with E-state index in [1.807, 2.05) is 0 Å². The van der Waals surface area contributed by atoms with Crippen molar-refractivity contribution in [3.05, 3.63) is 35.4 Å². The molecular weight excluding hydrogens is 318 g/mol. The highest BCUT2D eigenvalue weighted by atomic mass is 19.2. The van der Waals surface area contributed by atoms with Crippen LogP contribution >= 0.6 is 0 Å². The van der Waals surface area contributed by atoms with Crippen LogP contribution in [0, 0.1) is 11.6 Å². The predicted molar refractivity (Wildman–Crippen MR) is 88.8 cm³/mol. The molecule has 0 saturated heterocycles. The lowest BCUT2D eigenvalue weighted by Gasteiger charge is -2.19. The van der Waals surface area contributed by atoms with E-state index in [0.29, 0.717) is 24.7 Å². The molecule has 1 rings (SSSR count). The van der Waals surface area contributed by atoms with Gasteiger partial charge in [0.15, 0.2) is 17.6 Å². The molecule has 134 valence electrons. The molecule has 1 atom stereocenters. The van der Waals surface area contributed by atoms with Crippen molar-refractivity contribution in [3.63, 3.8) is 0 Å². The van der Waals surface area contributed by atoms with Crippen molar-refractivity contribution in [1.29, 1.82) is 0 Å². The van der Waals surface area contributed by atoms with Crippen LogP contribution in [-0.2, 0) is 9.53 Å². The number of nitrogens with one attached hydrogen (secondary N) is 2. The van der Waals surface area contributed by atoms with Crippen molar-refractivity contribution in [1.82, 2.24) is 15.5 Å². The Hall–Kier alpha value is -2.22. The topological polar surface area (TPSA) is 66.0 Å². The molecule has 8 heteroatoms. The predicted octanol–water partition coefficient (Wildman–Crippen LogP) is 1.30. The number of carbonyl (C=O) groups excluding carboxylic acids is 1. The molecule has 0 heterocycles. The molecule has 1 amide bonds. The van der Waals surface area contributed by atoms with Gasteiger partial charge in [-0.3, -0.25) is 4.79 Å². The maximum Gasteiger partial charge on any atom is 0.243 e. The van der Waals surface area contributed by atoms with Crippen molar-refractivity contribution in [2.24, 2.45) is 4.99 Å². The number of likely N-dealkylation sites (N-methyl/N-ethyl adjacent to an activating group) is 1. The van der Waals surface area contributed by atoms with Gasteiger partial charge in [0.2, 0.25) is 5.91 Å². The third-order valence-electron chi connectivity index (χ3n) is 3.27. The van der Waals surface area contributed by atoms with Gasteiger partial charge in [0.05, 0.1) is 12.6 Å². The van der Waals surface area contributed by atoms with E-state index in [1.54, 1.807) is 28.1 Å². The highest BCUT2D eigenvalue weighted by Gasteiger charge is 2.12. The third kappa shape index (κ3) is 6.49. The van der Waals surface area contributed by atoms with Crippen LogP contribution in [0.3, 0.4) is 0 Å². The van der Waals surface area contributed by atoms with Gasteiger partial charge in [-0.2, -0.15) is 0 Å². The number of halogens is 2. The number of carbonyl (C=O) groups is 1. The first-order valence-electron chi connectivity index (χ1n) is 7.54. The van der Waals surface area contributed by atoms with Crippen LogP contribution in [0.25, 0.3) is 0 Å². The van der Waals surface area contributed by atoms with Crippen molar-refractivity contribution in [2.75, 3.05) is 40.9 Å². The number of benzene rings is 1. The molecular formula is C16H24F2N4O2. The van der Waals surface area contributed by atoms with Gasteiger partial charge in [-0.15, -0.1) is 0 Å². The summed E-state index contributed by atoms with van der Waals surface area (Å²) < 4.78 is 31.3. The van der Waals surface area contributed by atoms with Gasteiger partial charge >= 0.3 is 0 Å². The van der Waals surface area contributed by atoms with Crippen LogP contribution in [0.5, 0.6) is 0 Å². The van der Waals surface area contributed by atoms with Crippen LogP contribution in [0.1, 0.15) is 18.5 Å². The Kier molecular flexibility index (Phi) is 8.11. The molecule has 0 aliphatic carbocycles. The second-order valence-electron chi connectivity index (χ2n) is 5.41. The molecule has 1 aromatic rings. The second-order valence-corrected chi connectivity index (χ2v) is 5.41. The number of amides is 1. The van der Waals surface area contributed by atoms with E-state index in [9.17, 15) is 13.6 Å². The fourth-order valence-corrected chi connectivity index (χ4v) is 1.78. The standard InChI is InChI=1S/C16H24F2N4O2/c1-11(12-5-6-13(17)14(18)9-12)21-16(19-7-8-24-4)20-10-15(23)22(2)3/h5-6,9,11H,7-8,10H2,1-4H3,(H2,19,20,21). The molecule has 1 unspecified atom stereocenters. The molecule has 24 heavy (non-hydrogen) atoms. The Balaban J connectivity index is 2.79. The number of ether oxygens (including phenoxy) is 1. The highest BCUT2D eigenvalue weighted by Crippen LogP contribution is 2.15. The molecule has 0 radical (unpaired) electrons. The lowest BCUT2D eigenvalue weighted by Crippen LogP contribution is -2.41. The zero-order chi connectivity index (χ0) is 18.1.